The number of hydrogen-bond acceptors (Lipinski definition) is 2. The van der Waals surface area contributed by atoms with Gasteiger partial charge < -0.3 is 10.0 Å². The van der Waals surface area contributed by atoms with Crippen LogP contribution in [0.5, 0.6) is 0 Å². The summed E-state index contributed by atoms with van der Waals surface area (Å²) < 4.78 is 0. The van der Waals surface area contributed by atoms with Crippen LogP contribution in [0.2, 0.25) is 0 Å². The van der Waals surface area contributed by atoms with E-state index in [-0.39, 0.29) is 12.5 Å². The number of rotatable bonds is 7. The van der Waals surface area contributed by atoms with Gasteiger partial charge in [0.05, 0.1) is 6.61 Å². The van der Waals surface area contributed by atoms with E-state index in [4.69, 9.17) is 5.11 Å². The molecule has 0 aromatic rings. The van der Waals surface area contributed by atoms with Crippen LogP contribution in [0.3, 0.4) is 0 Å². The van der Waals surface area contributed by atoms with Gasteiger partial charge in [-0.15, -0.1) is 0 Å². The molecule has 0 aromatic carbocycles. The number of halogens is 1. The van der Waals surface area contributed by atoms with Crippen molar-refractivity contribution >= 4 is 21.8 Å². The molecule has 1 rings (SSSR count). The van der Waals surface area contributed by atoms with Gasteiger partial charge in [0, 0.05) is 24.3 Å². The van der Waals surface area contributed by atoms with Crippen molar-refractivity contribution in [2.75, 3.05) is 18.5 Å². The van der Waals surface area contributed by atoms with Crippen molar-refractivity contribution < 1.29 is 9.90 Å². The monoisotopic (exact) mass is 263 g/mol. The Bertz CT molecular complexity index is 183. The Hall–Kier alpha value is -0.0900. The van der Waals surface area contributed by atoms with Crippen molar-refractivity contribution in [3.8, 4) is 0 Å². The molecular formula is C10H18BrNO2. The fourth-order valence-electron chi connectivity index (χ4n) is 1.52. The molecule has 0 unspecified atom stereocenters. The zero-order valence-electron chi connectivity index (χ0n) is 8.41. The Morgan fingerprint density at radius 1 is 1.43 bits per heavy atom. The van der Waals surface area contributed by atoms with Crippen LogP contribution in [0, 0.1) is 0 Å². The zero-order chi connectivity index (χ0) is 10.4. The molecule has 1 aliphatic carbocycles. The quantitative estimate of drug-likeness (QED) is 0.559. The normalized spacial score (nSPS) is 15.6. The predicted molar refractivity (Wildman–Crippen MR) is 59.5 cm³/mol. The number of carbonyl (C=O) groups is 1. The average Bonchev–Trinajstić information content (AvgIpc) is 2.98. The molecule has 1 aliphatic rings. The topological polar surface area (TPSA) is 40.5 Å². The average molecular weight is 264 g/mol. The van der Waals surface area contributed by atoms with Gasteiger partial charge in [-0.05, 0) is 25.7 Å². The van der Waals surface area contributed by atoms with Gasteiger partial charge in [0.1, 0.15) is 0 Å². The van der Waals surface area contributed by atoms with Crippen molar-refractivity contribution in [3.63, 3.8) is 0 Å². The lowest BCUT2D eigenvalue weighted by Crippen LogP contribution is -2.35. The van der Waals surface area contributed by atoms with Gasteiger partial charge in [-0.25, -0.2) is 0 Å². The highest BCUT2D eigenvalue weighted by molar-refractivity contribution is 9.09. The summed E-state index contributed by atoms with van der Waals surface area (Å²) in [4.78, 5) is 13.5. The minimum Gasteiger partial charge on any atom is -0.395 e. The van der Waals surface area contributed by atoms with Crippen LogP contribution in [0.25, 0.3) is 0 Å². The number of amides is 1. The Morgan fingerprint density at radius 2 is 2.14 bits per heavy atom. The van der Waals surface area contributed by atoms with Crippen LogP contribution in [0.4, 0.5) is 0 Å². The third-order valence-corrected chi connectivity index (χ3v) is 2.98. The van der Waals surface area contributed by atoms with Crippen LogP contribution < -0.4 is 0 Å². The van der Waals surface area contributed by atoms with Gasteiger partial charge in [0.2, 0.25) is 5.91 Å². The number of aliphatic hydroxyl groups is 1. The van der Waals surface area contributed by atoms with Crippen molar-refractivity contribution in [1.82, 2.24) is 4.90 Å². The molecule has 1 amide bonds. The van der Waals surface area contributed by atoms with Crippen LogP contribution in [-0.2, 0) is 4.79 Å². The second-order valence-corrected chi connectivity index (χ2v) is 4.48. The van der Waals surface area contributed by atoms with Crippen molar-refractivity contribution in [2.45, 2.75) is 38.1 Å². The molecule has 0 saturated heterocycles. The molecule has 1 N–H and O–H groups in total. The maximum absolute atomic E-state index is 11.7. The molecule has 0 spiro atoms. The van der Waals surface area contributed by atoms with Gasteiger partial charge in [-0.2, -0.15) is 0 Å². The van der Waals surface area contributed by atoms with E-state index >= 15 is 0 Å². The molecule has 0 heterocycles. The second kappa shape index (κ2) is 6.40. The Kier molecular flexibility index (Phi) is 5.48. The molecule has 1 saturated carbocycles. The van der Waals surface area contributed by atoms with Gasteiger partial charge in [0.15, 0.2) is 0 Å². The Morgan fingerprint density at radius 3 is 2.64 bits per heavy atom. The minimum absolute atomic E-state index is 0.0840. The zero-order valence-corrected chi connectivity index (χ0v) is 10.0. The molecule has 0 radical (unpaired) electrons. The summed E-state index contributed by atoms with van der Waals surface area (Å²) in [7, 11) is 0. The number of nitrogens with zero attached hydrogens (tertiary/aromatic N) is 1. The van der Waals surface area contributed by atoms with Gasteiger partial charge in [-0.3, -0.25) is 4.79 Å². The van der Waals surface area contributed by atoms with E-state index < -0.39 is 0 Å². The van der Waals surface area contributed by atoms with Gasteiger partial charge in [-0.1, -0.05) is 15.9 Å². The van der Waals surface area contributed by atoms with Gasteiger partial charge >= 0.3 is 0 Å². The standard InChI is InChI=1S/C10H18BrNO2/c11-6-2-1-3-10(14)12(7-8-13)9-4-5-9/h9,13H,1-8H2. The molecule has 0 aliphatic heterocycles. The van der Waals surface area contributed by atoms with Gasteiger partial charge in [0.25, 0.3) is 0 Å². The number of hydrogen-bond donors (Lipinski definition) is 1. The van der Waals surface area contributed by atoms with Crippen molar-refractivity contribution in [2.24, 2.45) is 0 Å². The first-order valence-corrected chi connectivity index (χ1v) is 6.38. The summed E-state index contributed by atoms with van der Waals surface area (Å²) in [5.41, 5.74) is 0. The first kappa shape index (κ1) is 12.0. The SMILES string of the molecule is O=C(CCCCBr)N(CCO)C1CC1. The van der Waals surface area contributed by atoms with Crippen LogP contribution in [0.15, 0.2) is 0 Å². The molecule has 4 heteroatoms. The summed E-state index contributed by atoms with van der Waals surface area (Å²) in [6.45, 7) is 0.596. The third kappa shape index (κ3) is 3.96. The lowest BCUT2D eigenvalue weighted by Gasteiger charge is -2.21. The smallest absolute Gasteiger partial charge is 0.222 e. The molecule has 3 nitrogen and oxygen atoms in total. The van der Waals surface area contributed by atoms with E-state index in [0.29, 0.717) is 19.0 Å². The third-order valence-electron chi connectivity index (χ3n) is 2.42. The summed E-state index contributed by atoms with van der Waals surface area (Å²) in [5.74, 6) is 0.211. The lowest BCUT2D eigenvalue weighted by atomic mass is 10.2. The molecule has 82 valence electrons. The molecular weight excluding hydrogens is 246 g/mol. The predicted octanol–water partition coefficient (Wildman–Crippen LogP) is 1.53. The van der Waals surface area contributed by atoms with E-state index in [2.05, 4.69) is 15.9 Å². The van der Waals surface area contributed by atoms with E-state index in [1.54, 1.807) is 0 Å². The first-order chi connectivity index (χ1) is 6.79. The maximum atomic E-state index is 11.7. The van der Waals surface area contributed by atoms with Crippen LogP contribution >= 0.6 is 15.9 Å². The number of unbranched alkanes of at least 4 members (excludes halogenated alkanes) is 1. The molecule has 1 fully saturated rings. The number of alkyl halides is 1. The second-order valence-electron chi connectivity index (χ2n) is 3.69. The van der Waals surface area contributed by atoms with E-state index in [1.165, 1.54) is 0 Å². The highest BCUT2D eigenvalue weighted by atomic mass is 79.9. The largest absolute Gasteiger partial charge is 0.395 e. The van der Waals surface area contributed by atoms with Crippen molar-refractivity contribution in [3.05, 3.63) is 0 Å². The number of aliphatic hydroxyl groups excluding tert-OH is 1. The minimum atomic E-state index is 0.0840. The van der Waals surface area contributed by atoms with E-state index in [9.17, 15) is 4.79 Å². The fourth-order valence-corrected chi connectivity index (χ4v) is 1.92. The fraction of sp³-hybridized carbons (Fsp3) is 0.900. The molecule has 0 atom stereocenters. The van der Waals surface area contributed by atoms with Crippen LogP contribution in [0.1, 0.15) is 32.1 Å². The summed E-state index contributed by atoms with van der Waals surface area (Å²) in [6, 6.07) is 0.429. The number of carbonyl (C=O) groups excluding carboxylic acids is 1. The summed E-state index contributed by atoms with van der Waals surface area (Å²) in [6.07, 6.45) is 4.85. The van der Waals surface area contributed by atoms with Crippen LogP contribution in [-0.4, -0.2) is 40.4 Å². The first-order valence-electron chi connectivity index (χ1n) is 5.26. The molecule has 0 aromatic heterocycles. The lowest BCUT2D eigenvalue weighted by molar-refractivity contribution is -0.132. The highest BCUT2D eigenvalue weighted by Gasteiger charge is 2.31. The summed E-state index contributed by atoms with van der Waals surface area (Å²) in [5, 5.41) is 9.79. The van der Waals surface area contributed by atoms with E-state index in [0.717, 1.165) is 31.0 Å². The Balaban J connectivity index is 2.23. The summed E-state index contributed by atoms with van der Waals surface area (Å²) >= 11 is 3.34. The van der Waals surface area contributed by atoms with Crippen molar-refractivity contribution in [1.29, 1.82) is 0 Å². The highest BCUT2D eigenvalue weighted by Crippen LogP contribution is 2.27. The Labute approximate surface area is 93.6 Å². The molecule has 0 bridgehead atoms. The molecule has 14 heavy (non-hydrogen) atoms. The van der Waals surface area contributed by atoms with E-state index in [1.807, 2.05) is 4.90 Å². The maximum Gasteiger partial charge on any atom is 0.222 e.